The predicted octanol–water partition coefficient (Wildman–Crippen LogP) is 2.03. The van der Waals surface area contributed by atoms with Crippen molar-refractivity contribution in [1.82, 2.24) is 4.90 Å². The minimum Gasteiger partial charge on any atom is -0.334 e. The summed E-state index contributed by atoms with van der Waals surface area (Å²) in [6, 6.07) is 3.47. The van der Waals surface area contributed by atoms with Gasteiger partial charge in [-0.25, -0.2) is 8.42 Å². The molecule has 2 rings (SSSR count). The largest absolute Gasteiger partial charge is 0.334 e. The van der Waals surface area contributed by atoms with Gasteiger partial charge in [0.05, 0.1) is 16.4 Å². The molecule has 1 fully saturated rings. The van der Waals surface area contributed by atoms with Crippen LogP contribution in [0.2, 0.25) is 0 Å². The van der Waals surface area contributed by atoms with E-state index in [2.05, 4.69) is 0 Å². The third kappa shape index (κ3) is 3.57. The van der Waals surface area contributed by atoms with Crippen LogP contribution >= 0.6 is 11.3 Å². The molecule has 6 heteroatoms. The third-order valence-electron chi connectivity index (χ3n) is 3.20. The number of sulfone groups is 1. The molecule has 4 nitrogen and oxygen atoms in total. The van der Waals surface area contributed by atoms with Crippen molar-refractivity contribution in [1.29, 1.82) is 0 Å². The Balaban J connectivity index is 2.19. The van der Waals surface area contributed by atoms with Crippen molar-refractivity contribution in [3.05, 3.63) is 22.4 Å². The molecule has 2 heterocycles. The number of nitrogens with zero attached hydrogens (tertiary/aromatic N) is 1. The highest BCUT2D eigenvalue weighted by atomic mass is 32.2. The van der Waals surface area contributed by atoms with Crippen LogP contribution in [0.3, 0.4) is 0 Å². The molecule has 0 radical (unpaired) electrons. The smallest absolute Gasteiger partial charge is 0.264 e. The van der Waals surface area contributed by atoms with Crippen LogP contribution in [0.1, 0.15) is 29.9 Å². The Labute approximate surface area is 118 Å². The summed E-state index contributed by atoms with van der Waals surface area (Å²) in [7, 11) is -2.97. The van der Waals surface area contributed by atoms with Crippen molar-refractivity contribution >= 4 is 27.1 Å². The first-order chi connectivity index (χ1) is 8.89. The molecule has 0 aromatic carbocycles. The number of hydrogen-bond acceptors (Lipinski definition) is 4. The molecule has 106 valence electrons. The normalized spacial score (nSPS) is 21.7. The van der Waals surface area contributed by atoms with Gasteiger partial charge in [0.1, 0.15) is 0 Å². The predicted molar refractivity (Wildman–Crippen MR) is 77.3 cm³/mol. The SMILES string of the molecule is CC(C)CN(C(=O)c1cccs1)[C@@H]1CCS(=O)(=O)C1. The molecule has 1 aromatic rings. The van der Waals surface area contributed by atoms with Crippen LogP contribution in [-0.4, -0.2) is 43.3 Å². The first-order valence-corrected chi connectivity index (χ1v) is 9.14. The number of thiophene rings is 1. The maximum absolute atomic E-state index is 12.5. The number of rotatable bonds is 4. The molecule has 0 saturated carbocycles. The Bertz CT molecular complexity index is 534. The lowest BCUT2D eigenvalue weighted by molar-refractivity contribution is 0.0677. The van der Waals surface area contributed by atoms with Crippen molar-refractivity contribution < 1.29 is 13.2 Å². The summed E-state index contributed by atoms with van der Waals surface area (Å²) in [6.07, 6.45) is 0.562. The molecule has 0 aliphatic carbocycles. The molecule has 1 aliphatic heterocycles. The van der Waals surface area contributed by atoms with Crippen molar-refractivity contribution in [2.45, 2.75) is 26.3 Å². The van der Waals surface area contributed by atoms with Crippen LogP contribution in [-0.2, 0) is 9.84 Å². The molecule has 1 amide bonds. The molecule has 1 atom stereocenters. The van der Waals surface area contributed by atoms with Gasteiger partial charge in [0.15, 0.2) is 9.84 Å². The molecule has 19 heavy (non-hydrogen) atoms. The Morgan fingerprint density at radius 1 is 1.53 bits per heavy atom. The second kappa shape index (κ2) is 5.63. The van der Waals surface area contributed by atoms with Crippen LogP contribution in [0.15, 0.2) is 17.5 Å². The van der Waals surface area contributed by atoms with Gasteiger partial charge in [0, 0.05) is 12.6 Å². The highest BCUT2D eigenvalue weighted by molar-refractivity contribution is 7.91. The number of hydrogen-bond donors (Lipinski definition) is 0. The summed E-state index contributed by atoms with van der Waals surface area (Å²) in [4.78, 5) is 14.9. The molecule has 0 spiro atoms. The summed E-state index contributed by atoms with van der Waals surface area (Å²) in [5, 5.41) is 1.87. The molecule has 1 saturated heterocycles. The van der Waals surface area contributed by atoms with Gasteiger partial charge in [-0.05, 0) is 23.8 Å². The molecule has 0 unspecified atom stereocenters. The van der Waals surface area contributed by atoms with Gasteiger partial charge in [-0.3, -0.25) is 4.79 Å². The van der Waals surface area contributed by atoms with E-state index in [-0.39, 0.29) is 23.5 Å². The van der Waals surface area contributed by atoms with Crippen LogP contribution in [0.4, 0.5) is 0 Å². The lowest BCUT2D eigenvalue weighted by atomic mass is 10.1. The van der Waals surface area contributed by atoms with Crippen LogP contribution in [0.25, 0.3) is 0 Å². The molecule has 0 bridgehead atoms. The van der Waals surface area contributed by atoms with E-state index in [1.165, 1.54) is 11.3 Å². The average Bonchev–Trinajstić information content (AvgIpc) is 2.94. The van der Waals surface area contributed by atoms with Gasteiger partial charge >= 0.3 is 0 Å². The van der Waals surface area contributed by atoms with Gasteiger partial charge in [-0.1, -0.05) is 19.9 Å². The summed E-state index contributed by atoms with van der Waals surface area (Å²) in [5.74, 6) is 0.596. The summed E-state index contributed by atoms with van der Waals surface area (Å²) in [5.41, 5.74) is 0. The lowest BCUT2D eigenvalue weighted by Crippen LogP contribution is -2.43. The number of amides is 1. The van der Waals surface area contributed by atoms with E-state index in [4.69, 9.17) is 0 Å². The first kappa shape index (κ1) is 14.5. The first-order valence-electron chi connectivity index (χ1n) is 6.44. The minimum atomic E-state index is -2.97. The fourth-order valence-electron chi connectivity index (χ4n) is 2.35. The van der Waals surface area contributed by atoms with Crippen LogP contribution in [0.5, 0.6) is 0 Å². The number of carbonyl (C=O) groups is 1. The van der Waals surface area contributed by atoms with E-state index in [9.17, 15) is 13.2 Å². The summed E-state index contributed by atoms with van der Waals surface area (Å²) in [6.45, 7) is 4.69. The van der Waals surface area contributed by atoms with Gasteiger partial charge in [0.2, 0.25) is 0 Å². The van der Waals surface area contributed by atoms with E-state index in [1.807, 2.05) is 25.3 Å². The van der Waals surface area contributed by atoms with Crippen LogP contribution in [0, 0.1) is 5.92 Å². The average molecular weight is 301 g/mol. The standard InChI is InChI=1S/C13H19NO3S2/c1-10(2)8-14(11-5-7-19(16,17)9-11)13(15)12-4-3-6-18-12/h3-4,6,10-11H,5,7-9H2,1-2H3/t11-/m1/s1. The molecule has 0 N–H and O–H groups in total. The summed E-state index contributed by atoms with van der Waals surface area (Å²) < 4.78 is 23.2. The maximum atomic E-state index is 12.5. The molecular weight excluding hydrogens is 282 g/mol. The highest BCUT2D eigenvalue weighted by Crippen LogP contribution is 2.22. The molecular formula is C13H19NO3S2. The van der Waals surface area contributed by atoms with Gasteiger partial charge < -0.3 is 4.90 Å². The van der Waals surface area contributed by atoms with Crippen molar-refractivity contribution in [2.24, 2.45) is 5.92 Å². The quantitative estimate of drug-likeness (QED) is 0.855. The van der Waals surface area contributed by atoms with Crippen molar-refractivity contribution in [3.63, 3.8) is 0 Å². The molecule has 1 aliphatic rings. The fraction of sp³-hybridized carbons (Fsp3) is 0.615. The fourth-order valence-corrected chi connectivity index (χ4v) is 4.76. The molecule has 1 aromatic heterocycles. The monoisotopic (exact) mass is 301 g/mol. The second-order valence-electron chi connectivity index (χ2n) is 5.39. The highest BCUT2D eigenvalue weighted by Gasteiger charge is 2.35. The maximum Gasteiger partial charge on any atom is 0.264 e. The Morgan fingerprint density at radius 2 is 2.26 bits per heavy atom. The second-order valence-corrected chi connectivity index (χ2v) is 8.56. The minimum absolute atomic E-state index is 0.0363. The topological polar surface area (TPSA) is 54.5 Å². The zero-order valence-electron chi connectivity index (χ0n) is 11.2. The van der Waals surface area contributed by atoms with E-state index in [1.54, 1.807) is 11.0 Å². The zero-order chi connectivity index (χ0) is 14.0. The van der Waals surface area contributed by atoms with E-state index in [0.29, 0.717) is 23.8 Å². The van der Waals surface area contributed by atoms with Gasteiger partial charge in [-0.2, -0.15) is 0 Å². The van der Waals surface area contributed by atoms with E-state index >= 15 is 0 Å². The zero-order valence-corrected chi connectivity index (χ0v) is 12.8. The Hall–Kier alpha value is -0.880. The Kier molecular flexibility index (Phi) is 4.30. The lowest BCUT2D eigenvalue weighted by Gasteiger charge is -2.29. The van der Waals surface area contributed by atoms with E-state index in [0.717, 1.165) is 0 Å². The van der Waals surface area contributed by atoms with Gasteiger partial charge in [-0.15, -0.1) is 11.3 Å². The Morgan fingerprint density at radius 3 is 2.74 bits per heavy atom. The van der Waals surface area contributed by atoms with Crippen molar-refractivity contribution in [2.75, 3.05) is 18.1 Å². The third-order valence-corrected chi connectivity index (χ3v) is 5.81. The van der Waals surface area contributed by atoms with E-state index < -0.39 is 9.84 Å². The van der Waals surface area contributed by atoms with Crippen LogP contribution < -0.4 is 0 Å². The summed E-state index contributed by atoms with van der Waals surface area (Å²) >= 11 is 1.40. The number of carbonyl (C=O) groups excluding carboxylic acids is 1. The van der Waals surface area contributed by atoms with Crippen molar-refractivity contribution in [3.8, 4) is 0 Å². The van der Waals surface area contributed by atoms with Gasteiger partial charge in [0.25, 0.3) is 5.91 Å².